The molecule has 2 nitrogen and oxygen atoms in total. The zero-order valence-electron chi connectivity index (χ0n) is 10.7. The smallest absolute Gasteiger partial charge is 0.317 e. The molecule has 0 amide bonds. The highest BCUT2D eigenvalue weighted by molar-refractivity contribution is 4.86. The summed E-state index contributed by atoms with van der Waals surface area (Å²) >= 11 is 0. The lowest BCUT2D eigenvalue weighted by Gasteiger charge is -2.38. The molecule has 0 aromatic carbocycles. The zero-order chi connectivity index (χ0) is 12.9. The molecule has 17 heavy (non-hydrogen) atoms. The highest BCUT2D eigenvalue weighted by Gasteiger charge is 2.33. The molecule has 1 rings (SSSR count). The molecule has 1 fully saturated rings. The number of piperidine rings is 1. The molecular weight excluding hydrogens is 229 g/mol. The summed E-state index contributed by atoms with van der Waals surface area (Å²) in [7, 11) is 0. The van der Waals surface area contributed by atoms with Crippen molar-refractivity contribution in [3.8, 4) is 0 Å². The number of halogens is 3. The largest absolute Gasteiger partial charge is 0.390 e. The summed E-state index contributed by atoms with van der Waals surface area (Å²) in [6.45, 7) is 6.38. The maximum atomic E-state index is 12.2. The molecule has 5 heteroatoms. The Balaban J connectivity index is 2.36. The Labute approximate surface area is 101 Å². The predicted octanol–water partition coefficient (Wildman–Crippen LogP) is 2.70. The Hall–Kier alpha value is -0.290. The van der Waals surface area contributed by atoms with Crippen LogP contribution in [0.4, 0.5) is 13.2 Å². The third-order valence-corrected chi connectivity index (χ3v) is 3.78. The molecule has 102 valence electrons. The summed E-state index contributed by atoms with van der Waals surface area (Å²) < 4.78 is 36.6. The minimum Gasteiger partial charge on any atom is -0.317 e. The van der Waals surface area contributed by atoms with Gasteiger partial charge in [0.1, 0.15) is 0 Å². The SMILES string of the molecule is CCC1(CNC(C)CC(F)(F)F)CCNCC1. The van der Waals surface area contributed by atoms with E-state index in [4.69, 9.17) is 0 Å². The Morgan fingerprint density at radius 3 is 2.35 bits per heavy atom. The molecule has 2 N–H and O–H groups in total. The maximum absolute atomic E-state index is 12.2. The summed E-state index contributed by atoms with van der Waals surface area (Å²) in [5, 5.41) is 6.34. The third kappa shape index (κ3) is 5.25. The minimum atomic E-state index is -4.07. The van der Waals surface area contributed by atoms with E-state index in [0.29, 0.717) is 6.54 Å². The van der Waals surface area contributed by atoms with Gasteiger partial charge in [-0.3, -0.25) is 0 Å². The lowest BCUT2D eigenvalue weighted by atomic mass is 9.76. The molecular formula is C12H23F3N2. The second-order valence-electron chi connectivity index (χ2n) is 5.20. The average Bonchev–Trinajstić information content (AvgIpc) is 2.25. The second-order valence-corrected chi connectivity index (χ2v) is 5.20. The topological polar surface area (TPSA) is 24.1 Å². The first-order chi connectivity index (χ1) is 7.87. The van der Waals surface area contributed by atoms with Gasteiger partial charge in [0, 0.05) is 12.6 Å². The van der Waals surface area contributed by atoms with Crippen molar-refractivity contribution in [2.75, 3.05) is 19.6 Å². The molecule has 1 saturated heterocycles. The number of hydrogen-bond donors (Lipinski definition) is 2. The highest BCUT2D eigenvalue weighted by Crippen LogP contribution is 2.32. The van der Waals surface area contributed by atoms with Crippen LogP contribution in [0.1, 0.15) is 39.5 Å². The van der Waals surface area contributed by atoms with Gasteiger partial charge in [-0.25, -0.2) is 0 Å². The van der Waals surface area contributed by atoms with Gasteiger partial charge in [0.2, 0.25) is 0 Å². The van der Waals surface area contributed by atoms with E-state index in [2.05, 4.69) is 17.6 Å². The van der Waals surface area contributed by atoms with Crippen molar-refractivity contribution in [2.24, 2.45) is 5.41 Å². The van der Waals surface area contributed by atoms with Crippen molar-refractivity contribution in [1.29, 1.82) is 0 Å². The summed E-state index contributed by atoms with van der Waals surface area (Å²) in [6.07, 6.45) is -1.68. The van der Waals surface area contributed by atoms with E-state index in [1.807, 2.05) is 0 Å². The normalized spacial score (nSPS) is 22.4. The molecule has 0 aliphatic carbocycles. The van der Waals surface area contributed by atoms with Gasteiger partial charge in [-0.15, -0.1) is 0 Å². The van der Waals surface area contributed by atoms with Crippen LogP contribution in [0, 0.1) is 5.41 Å². The lowest BCUT2D eigenvalue weighted by Crippen LogP contribution is -2.45. The first kappa shape index (κ1) is 14.8. The molecule has 1 atom stereocenters. The van der Waals surface area contributed by atoms with E-state index in [9.17, 15) is 13.2 Å². The fourth-order valence-electron chi connectivity index (χ4n) is 2.42. The monoisotopic (exact) mass is 252 g/mol. The second kappa shape index (κ2) is 6.05. The Morgan fingerprint density at radius 2 is 1.88 bits per heavy atom. The van der Waals surface area contributed by atoms with Gasteiger partial charge in [-0.1, -0.05) is 6.92 Å². The molecule has 1 heterocycles. The Kier molecular flexibility index (Phi) is 5.25. The van der Waals surface area contributed by atoms with Crippen LogP contribution < -0.4 is 10.6 Å². The van der Waals surface area contributed by atoms with Crippen LogP contribution in [0.2, 0.25) is 0 Å². The molecule has 0 radical (unpaired) electrons. The van der Waals surface area contributed by atoms with Crippen LogP contribution in [0.25, 0.3) is 0 Å². The molecule has 1 unspecified atom stereocenters. The number of hydrogen-bond acceptors (Lipinski definition) is 2. The predicted molar refractivity (Wildman–Crippen MR) is 63.0 cm³/mol. The van der Waals surface area contributed by atoms with Crippen molar-refractivity contribution >= 4 is 0 Å². The molecule has 1 aliphatic heterocycles. The quantitative estimate of drug-likeness (QED) is 0.786. The first-order valence-corrected chi connectivity index (χ1v) is 6.38. The number of alkyl halides is 3. The summed E-state index contributed by atoms with van der Waals surface area (Å²) in [4.78, 5) is 0. The fraction of sp³-hybridized carbons (Fsp3) is 1.00. The van der Waals surface area contributed by atoms with E-state index >= 15 is 0 Å². The van der Waals surface area contributed by atoms with Crippen molar-refractivity contribution in [1.82, 2.24) is 10.6 Å². The Bertz CT molecular complexity index is 222. The van der Waals surface area contributed by atoms with Gasteiger partial charge < -0.3 is 10.6 Å². The van der Waals surface area contributed by atoms with Crippen molar-refractivity contribution in [2.45, 2.75) is 51.7 Å². The average molecular weight is 252 g/mol. The van der Waals surface area contributed by atoms with Gasteiger partial charge in [0.15, 0.2) is 0 Å². The van der Waals surface area contributed by atoms with Crippen molar-refractivity contribution in [3.05, 3.63) is 0 Å². The molecule has 0 aromatic rings. The summed E-state index contributed by atoms with van der Waals surface area (Å²) in [5.41, 5.74) is 0.186. The number of nitrogens with one attached hydrogen (secondary N) is 2. The van der Waals surface area contributed by atoms with Crippen LogP contribution in [-0.4, -0.2) is 31.9 Å². The minimum absolute atomic E-state index is 0.186. The highest BCUT2D eigenvalue weighted by atomic mass is 19.4. The fourth-order valence-corrected chi connectivity index (χ4v) is 2.42. The van der Waals surface area contributed by atoms with Crippen LogP contribution in [0.5, 0.6) is 0 Å². The maximum Gasteiger partial charge on any atom is 0.390 e. The molecule has 0 saturated carbocycles. The third-order valence-electron chi connectivity index (χ3n) is 3.78. The van der Waals surface area contributed by atoms with Gasteiger partial charge in [0.25, 0.3) is 0 Å². The van der Waals surface area contributed by atoms with E-state index in [-0.39, 0.29) is 5.41 Å². The first-order valence-electron chi connectivity index (χ1n) is 6.38. The standard InChI is InChI=1S/C12H23F3N2/c1-3-11(4-6-16-7-5-11)9-17-10(2)8-12(13,14)15/h10,16-17H,3-9H2,1-2H3. The van der Waals surface area contributed by atoms with Gasteiger partial charge >= 0.3 is 6.18 Å². The van der Waals surface area contributed by atoms with E-state index in [0.717, 1.165) is 32.4 Å². The van der Waals surface area contributed by atoms with Crippen LogP contribution >= 0.6 is 0 Å². The van der Waals surface area contributed by atoms with E-state index in [1.165, 1.54) is 0 Å². The summed E-state index contributed by atoms with van der Waals surface area (Å²) in [5.74, 6) is 0. The van der Waals surface area contributed by atoms with Crippen molar-refractivity contribution in [3.63, 3.8) is 0 Å². The van der Waals surface area contributed by atoms with Gasteiger partial charge in [-0.2, -0.15) is 13.2 Å². The molecule has 0 aromatic heterocycles. The van der Waals surface area contributed by atoms with Crippen LogP contribution in [0.15, 0.2) is 0 Å². The van der Waals surface area contributed by atoms with E-state index < -0.39 is 18.6 Å². The Morgan fingerprint density at radius 1 is 1.29 bits per heavy atom. The van der Waals surface area contributed by atoms with Gasteiger partial charge in [0.05, 0.1) is 6.42 Å². The molecule has 1 aliphatic rings. The lowest BCUT2D eigenvalue weighted by molar-refractivity contribution is -0.139. The van der Waals surface area contributed by atoms with E-state index in [1.54, 1.807) is 6.92 Å². The van der Waals surface area contributed by atoms with Crippen LogP contribution in [0.3, 0.4) is 0 Å². The molecule has 0 bridgehead atoms. The molecule has 0 spiro atoms. The van der Waals surface area contributed by atoms with Crippen molar-refractivity contribution < 1.29 is 13.2 Å². The summed E-state index contributed by atoms with van der Waals surface area (Å²) in [6, 6.07) is -0.492. The van der Waals surface area contributed by atoms with Gasteiger partial charge in [-0.05, 0) is 44.7 Å². The van der Waals surface area contributed by atoms with Crippen LogP contribution in [-0.2, 0) is 0 Å². The number of rotatable bonds is 5. The zero-order valence-corrected chi connectivity index (χ0v) is 10.7.